The molecule has 0 saturated heterocycles. The van der Waals surface area contributed by atoms with Gasteiger partial charge in [0.05, 0.1) is 29.3 Å². The summed E-state index contributed by atoms with van der Waals surface area (Å²) in [6.45, 7) is 0.493. The normalized spacial score (nSPS) is 9.90. The molecule has 0 unspecified atom stereocenters. The first kappa shape index (κ1) is 14.3. The number of aliphatic hydroxyl groups excluding tert-OH is 1. The van der Waals surface area contributed by atoms with Crippen molar-refractivity contribution in [3.8, 4) is 11.8 Å². The zero-order valence-corrected chi connectivity index (χ0v) is 11.9. The third-order valence-electron chi connectivity index (χ3n) is 2.66. The Hall–Kier alpha value is -2.10. The number of aromatic nitrogens is 2. The molecule has 6 heteroatoms. The molecule has 5 nitrogen and oxygen atoms in total. The van der Waals surface area contributed by atoms with E-state index in [-0.39, 0.29) is 12.5 Å². The van der Waals surface area contributed by atoms with Gasteiger partial charge in [0.2, 0.25) is 0 Å². The SMILES string of the molecule is Cn1nccc1CNC(=O)c1csc(C#CCCO)c1. The lowest BCUT2D eigenvalue weighted by atomic mass is 10.3. The topological polar surface area (TPSA) is 67.2 Å². The van der Waals surface area contributed by atoms with Gasteiger partial charge < -0.3 is 10.4 Å². The number of rotatable bonds is 4. The van der Waals surface area contributed by atoms with Crippen molar-refractivity contribution in [3.05, 3.63) is 39.8 Å². The fourth-order valence-corrected chi connectivity index (χ4v) is 2.33. The minimum atomic E-state index is -0.127. The second kappa shape index (κ2) is 6.89. The Morgan fingerprint density at radius 1 is 1.60 bits per heavy atom. The fourth-order valence-electron chi connectivity index (χ4n) is 1.57. The summed E-state index contributed by atoms with van der Waals surface area (Å²) in [5, 5.41) is 17.3. The van der Waals surface area contributed by atoms with Crippen LogP contribution in [-0.4, -0.2) is 27.4 Å². The molecule has 0 aliphatic carbocycles. The lowest BCUT2D eigenvalue weighted by Gasteiger charge is -2.03. The molecule has 20 heavy (non-hydrogen) atoms. The zero-order chi connectivity index (χ0) is 14.4. The predicted octanol–water partition coefficient (Wildman–Crippen LogP) is 1.15. The molecule has 0 radical (unpaired) electrons. The first-order chi connectivity index (χ1) is 9.70. The Morgan fingerprint density at radius 3 is 3.15 bits per heavy atom. The van der Waals surface area contributed by atoms with Crippen LogP contribution >= 0.6 is 11.3 Å². The zero-order valence-electron chi connectivity index (χ0n) is 11.1. The molecular weight excluding hydrogens is 274 g/mol. The average Bonchev–Trinajstić information content (AvgIpc) is 3.06. The first-order valence-electron chi connectivity index (χ1n) is 6.14. The Kier molecular flexibility index (Phi) is 4.93. The molecule has 2 rings (SSSR count). The molecule has 104 valence electrons. The van der Waals surface area contributed by atoms with Gasteiger partial charge in [0.25, 0.3) is 5.91 Å². The summed E-state index contributed by atoms with van der Waals surface area (Å²) < 4.78 is 1.72. The van der Waals surface area contributed by atoms with Gasteiger partial charge >= 0.3 is 0 Å². The standard InChI is InChI=1S/C14H15N3O2S/c1-17-12(5-6-16-17)9-15-14(19)11-8-13(20-10-11)4-2-3-7-18/h5-6,8,10,18H,3,7,9H2,1H3,(H,15,19). The molecule has 2 aromatic rings. The highest BCUT2D eigenvalue weighted by Crippen LogP contribution is 2.13. The molecule has 0 aliphatic rings. The predicted molar refractivity (Wildman–Crippen MR) is 77.3 cm³/mol. The molecule has 0 atom stereocenters. The highest BCUT2D eigenvalue weighted by molar-refractivity contribution is 7.10. The monoisotopic (exact) mass is 289 g/mol. The van der Waals surface area contributed by atoms with E-state index < -0.39 is 0 Å². The van der Waals surface area contributed by atoms with Gasteiger partial charge in [-0.15, -0.1) is 11.3 Å². The average molecular weight is 289 g/mol. The minimum absolute atomic E-state index is 0.0520. The lowest BCUT2D eigenvalue weighted by molar-refractivity contribution is 0.0950. The molecule has 0 saturated carbocycles. The van der Waals surface area contributed by atoms with E-state index >= 15 is 0 Å². The van der Waals surface area contributed by atoms with Crippen LogP contribution in [0.3, 0.4) is 0 Å². The number of carbonyl (C=O) groups is 1. The van der Waals surface area contributed by atoms with Crippen LogP contribution in [0.15, 0.2) is 23.7 Å². The summed E-state index contributed by atoms with van der Waals surface area (Å²) in [7, 11) is 1.83. The molecule has 0 bridgehead atoms. The first-order valence-corrected chi connectivity index (χ1v) is 7.02. The maximum Gasteiger partial charge on any atom is 0.252 e. The maximum absolute atomic E-state index is 12.0. The van der Waals surface area contributed by atoms with Crippen LogP contribution in [0.5, 0.6) is 0 Å². The number of hydrogen-bond donors (Lipinski definition) is 2. The van der Waals surface area contributed by atoms with Crippen LogP contribution in [0.4, 0.5) is 0 Å². The number of nitrogens with one attached hydrogen (secondary N) is 1. The number of amides is 1. The van der Waals surface area contributed by atoms with Crippen LogP contribution in [0.2, 0.25) is 0 Å². The van der Waals surface area contributed by atoms with Crippen molar-refractivity contribution >= 4 is 17.2 Å². The van der Waals surface area contributed by atoms with Gasteiger partial charge in [-0.25, -0.2) is 0 Å². The van der Waals surface area contributed by atoms with Gasteiger partial charge in [-0.3, -0.25) is 9.48 Å². The third-order valence-corrected chi connectivity index (χ3v) is 3.51. The molecule has 0 spiro atoms. The number of carbonyl (C=O) groups excluding carboxylic acids is 1. The Morgan fingerprint density at radius 2 is 2.45 bits per heavy atom. The number of nitrogens with zero attached hydrogens (tertiary/aromatic N) is 2. The highest BCUT2D eigenvalue weighted by atomic mass is 32.1. The van der Waals surface area contributed by atoms with E-state index in [1.54, 1.807) is 22.3 Å². The van der Waals surface area contributed by atoms with Crippen molar-refractivity contribution < 1.29 is 9.90 Å². The summed E-state index contributed by atoms with van der Waals surface area (Å²) in [5.74, 6) is 5.62. The van der Waals surface area contributed by atoms with Crippen LogP contribution < -0.4 is 5.32 Å². The van der Waals surface area contributed by atoms with E-state index in [2.05, 4.69) is 22.3 Å². The molecule has 0 fully saturated rings. The van der Waals surface area contributed by atoms with Gasteiger partial charge in [0, 0.05) is 25.0 Å². The Labute approximate surface area is 121 Å². The van der Waals surface area contributed by atoms with Gasteiger partial charge in [-0.05, 0) is 12.1 Å². The van der Waals surface area contributed by atoms with Crippen molar-refractivity contribution in [1.82, 2.24) is 15.1 Å². The van der Waals surface area contributed by atoms with Gasteiger partial charge in [0.1, 0.15) is 0 Å². The van der Waals surface area contributed by atoms with Gasteiger partial charge in [-0.1, -0.05) is 11.8 Å². The molecule has 0 aliphatic heterocycles. The molecule has 0 aromatic carbocycles. The minimum Gasteiger partial charge on any atom is -0.395 e. The number of aryl methyl sites for hydroxylation is 1. The quantitative estimate of drug-likeness (QED) is 0.830. The van der Waals surface area contributed by atoms with E-state index in [0.29, 0.717) is 18.5 Å². The largest absolute Gasteiger partial charge is 0.395 e. The number of aliphatic hydroxyl groups is 1. The molecule has 2 N–H and O–H groups in total. The van der Waals surface area contributed by atoms with E-state index in [1.807, 2.05) is 13.1 Å². The van der Waals surface area contributed by atoms with Crippen molar-refractivity contribution in [3.63, 3.8) is 0 Å². The summed E-state index contributed by atoms with van der Waals surface area (Å²) >= 11 is 1.42. The molecule has 2 aromatic heterocycles. The van der Waals surface area contributed by atoms with Crippen LogP contribution in [-0.2, 0) is 13.6 Å². The van der Waals surface area contributed by atoms with Crippen molar-refractivity contribution in [1.29, 1.82) is 0 Å². The summed E-state index contributed by atoms with van der Waals surface area (Å²) in [6.07, 6.45) is 2.14. The Balaban J connectivity index is 1.93. The van der Waals surface area contributed by atoms with Crippen molar-refractivity contribution in [2.45, 2.75) is 13.0 Å². The summed E-state index contributed by atoms with van der Waals surface area (Å²) in [5.41, 5.74) is 1.54. The summed E-state index contributed by atoms with van der Waals surface area (Å²) in [6, 6.07) is 3.62. The second-order valence-corrected chi connectivity index (χ2v) is 5.02. The molecule has 2 heterocycles. The highest BCUT2D eigenvalue weighted by Gasteiger charge is 2.08. The van der Waals surface area contributed by atoms with E-state index in [0.717, 1.165) is 10.6 Å². The molecular formula is C14H15N3O2S. The van der Waals surface area contributed by atoms with Gasteiger partial charge in [-0.2, -0.15) is 5.10 Å². The van der Waals surface area contributed by atoms with Crippen molar-refractivity contribution in [2.24, 2.45) is 7.05 Å². The summed E-state index contributed by atoms with van der Waals surface area (Å²) in [4.78, 5) is 12.8. The van der Waals surface area contributed by atoms with Crippen LogP contribution in [0.25, 0.3) is 0 Å². The lowest BCUT2D eigenvalue weighted by Crippen LogP contribution is -2.23. The van der Waals surface area contributed by atoms with E-state index in [1.165, 1.54) is 11.3 Å². The second-order valence-electron chi connectivity index (χ2n) is 4.10. The van der Waals surface area contributed by atoms with E-state index in [4.69, 9.17) is 5.11 Å². The Bertz CT molecular complexity index is 649. The van der Waals surface area contributed by atoms with E-state index in [9.17, 15) is 4.79 Å². The third kappa shape index (κ3) is 3.70. The van der Waals surface area contributed by atoms with Crippen LogP contribution in [0, 0.1) is 11.8 Å². The fraction of sp³-hybridized carbons (Fsp3) is 0.286. The smallest absolute Gasteiger partial charge is 0.252 e. The van der Waals surface area contributed by atoms with Crippen molar-refractivity contribution in [2.75, 3.05) is 6.61 Å². The maximum atomic E-state index is 12.0. The number of thiophene rings is 1. The van der Waals surface area contributed by atoms with Crippen LogP contribution in [0.1, 0.15) is 27.3 Å². The van der Waals surface area contributed by atoms with Gasteiger partial charge in [0.15, 0.2) is 0 Å². The molecule has 1 amide bonds. The number of hydrogen-bond acceptors (Lipinski definition) is 4.